The second-order valence-corrected chi connectivity index (χ2v) is 4.22. The molecule has 1 fully saturated rings. The fourth-order valence-electron chi connectivity index (χ4n) is 1.74. The van der Waals surface area contributed by atoms with Gasteiger partial charge in [-0.2, -0.15) is 0 Å². The molecule has 2 heterocycles. The van der Waals surface area contributed by atoms with E-state index in [2.05, 4.69) is 31.9 Å². The van der Waals surface area contributed by atoms with Gasteiger partial charge in [0, 0.05) is 19.3 Å². The van der Waals surface area contributed by atoms with Crippen molar-refractivity contribution in [1.29, 1.82) is 0 Å². The van der Waals surface area contributed by atoms with Crippen LogP contribution in [-0.2, 0) is 0 Å². The number of nitrogens with zero attached hydrogens (tertiary/aromatic N) is 2. The van der Waals surface area contributed by atoms with Crippen molar-refractivity contribution in [3.8, 4) is 0 Å². The van der Waals surface area contributed by atoms with E-state index in [0.717, 1.165) is 10.2 Å². The van der Waals surface area contributed by atoms with Gasteiger partial charge in [0.15, 0.2) is 0 Å². The van der Waals surface area contributed by atoms with Gasteiger partial charge >= 0.3 is 0 Å². The summed E-state index contributed by atoms with van der Waals surface area (Å²) in [6.45, 7) is 4.40. The summed E-state index contributed by atoms with van der Waals surface area (Å²) in [5, 5.41) is 0. The minimum absolute atomic E-state index is 1.07. The molecule has 0 radical (unpaired) electrons. The Kier molecular flexibility index (Phi) is 2.54. The van der Waals surface area contributed by atoms with Crippen LogP contribution in [0.15, 0.2) is 16.7 Å². The SMILES string of the molecule is Cc1nccc(N2CCCC2)c1Br. The van der Waals surface area contributed by atoms with Gasteiger partial charge in [0.25, 0.3) is 0 Å². The van der Waals surface area contributed by atoms with E-state index >= 15 is 0 Å². The maximum atomic E-state index is 4.24. The van der Waals surface area contributed by atoms with Gasteiger partial charge in [-0.05, 0) is 41.8 Å². The normalized spacial score (nSPS) is 16.6. The van der Waals surface area contributed by atoms with Gasteiger partial charge in [-0.1, -0.05) is 0 Å². The largest absolute Gasteiger partial charge is 0.371 e. The number of aromatic nitrogens is 1. The maximum absolute atomic E-state index is 4.24. The molecule has 13 heavy (non-hydrogen) atoms. The van der Waals surface area contributed by atoms with E-state index in [4.69, 9.17) is 0 Å². The molecule has 0 unspecified atom stereocenters. The van der Waals surface area contributed by atoms with Gasteiger partial charge in [0.1, 0.15) is 0 Å². The first kappa shape index (κ1) is 9.00. The number of halogens is 1. The Balaban J connectivity index is 2.33. The van der Waals surface area contributed by atoms with Crippen molar-refractivity contribution >= 4 is 21.6 Å². The fourth-order valence-corrected chi connectivity index (χ4v) is 2.22. The van der Waals surface area contributed by atoms with E-state index in [9.17, 15) is 0 Å². The molecule has 2 nitrogen and oxygen atoms in total. The molecule has 0 N–H and O–H groups in total. The topological polar surface area (TPSA) is 16.1 Å². The van der Waals surface area contributed by atoms with Gasteiger partial charge in [0.2, 0.25) is 0 Å². The van der Waals surface area contributed by atoms with Crippen LogP contribution in [0.1, 0.15) is 18.5 Å². The molecule has 1 aromatic heterocycles. The molecule has 1 aliphatic rings. The second-order valence-electron chi connectivity index (χ2n) is 3.42. The number of hydrogen-bond donors (Lipinski definition) is 0. The quantitative estimate of drug-likeness (QED) is 0.751. The summed E-state index contributed by atoms with van der Waals surface area (Å²) in [5.41, 5.74) is 2.37. The zero-order valence-electron chi connectivity index (χ0n) is 7.76. The number of anilines is 1. The van der Waals surface area contributed by atoms with Crippen molar-refractivity contribution in [2.45, 2.75) is 19.8 Å². The first-order chi connectivity index (χ1) is 6.29. The Morgan fingerprint density at radius 2 is 2.08 bits per heavy atom. The molecule has 0 spiro atoms. The third-order valence-electron chi connectivity index (χ3n) is 2.49. The Hall–Kier alpha value is -0.570. The van der Waals surface area contributed by atoms with E-state index in [-0.39, 0.29) is 0 Å². The van der Waals surface area contributed by atoms with E-state index in [0.29, 0.717) is 0 Å². The highest BCUT2D eigenvalue weighted by Crippen LogP contribution is 2.29. The van der Waals surface area contributed by atoms with Crippen LogP contribution in [0.4, 0.5) is 5.69 Å². The lowest BCUT2D eigenvalue weighted by molar-refractivity contribution is 0.949. The minimum Gasteiger partial charge on any atom is -0.371 e. The predicted octanol–water partition coefficient (Wildman–Crippen LogP) is 2.75. The average Bonchev–Trinajstić information content (AvgIpc) is 2.62. The smallest absolute Gasteiger partial charge is 0.0621 e. The molecule has 3 heteroatoms. The molecular weight excluding hydrogens is 228 g/mol. The molecule has 0 aliphatic carbocycles. The molecule has 0 atom stereocenters. The van der Waals surface area contributed by atoms with Crippen LogP contribution >= 0.6 is 15.9 Å². The molecule has 0 aromatic carbocycles. The molecule has 0 saturated carbocycles. The summed E-state index contributed by atoms with van der Waals surface area (Å²) >= 11 is 3.59. The summed E-state index contributed by atoms with van der Waals surface area (Å²) in [4.78, 5) is 6.65. The highest BCUT2D eigenvalue weighted by molar-refractivity contribution is 9.10. The molecular formula is C10H13BrN2. The number of pyridine rings is 1. The Morgan fingerprint density at radius 3 is 2.77 bits per heavy atom. The Bertz CT molecular complexity index is 306. The van der Waals surface area contributed by atoms with Crippen LogP contribution in [0.5, 0.6) is 0 Å². The zero-order chi connectivity index (χ0) is 9.26. The van der Waals surface area contributed by atoms with Crippen molar-refractivity contribution in [1.82, 2.24) is 4.98 Å². The maximum Gasteiger partial charge on any atom is 0.0621 e. The molecule has 0 amide bonds. The lowest BCUT2D eigenvalue weighted by Gasteiger charge is -2.19. The summed E-state index contributed by atoms with van der Waals surface area (Å²) < 4.78 is 1.15. The van der Waals surface area contributed by atoms with Crippen LogP contribution < -0.4 is 4.90 Å². The molecule has 2 rings (SSSR count). The fraction of sp³-hybridized carbons (Fsp3) is 0.500. The summed E-state index contributed by atoms with van der Waals surface area (Å²) in [6.07, 6.45) is 4.51. The van der Waals surface area contributed by atoms with Crippen molar-refractivity contribution in [2.24, 2.45) is 0 Å². The van der Waals surface area contributed by atoms with E-state index in [1.165, 1.54) is 31.6 Å². The van der Waals surface area contributed by atoms with E-state index < -0.39 is 0 Å². The van der Waals surface area contributed by atoms with Crippen molar-refractivity contribution in [3.05, 3.63) is 22.4 Å². The number of hydrogen-bond acceptors (Lipinski definition) is 2. The van der Waals surface area contributed by atoms with Gasteiger partial charge < -0.3 is 4.90 Å². The molecule has 70 valence electrons. The van der Waals surface area contributed by atoms with Crippen LogP contribution in [0, 0.1) is 6.92 Å². The van der Waals surface area contributed by atoms with Crippen LogP contribution in [0.2, 0.25) is 0 Å². The Labute approximate surface area is 87.1 Å². The molecule has 1 aromatic rings. The lowest BCUT2D eigenvalue weighted by Crippen LogP contribution is -2.18. The standard InChI is InChI=1S/C10H13BrN2/c1-8-10(11)9(4-5-12-8)13-6-2-3-7-13/h4-5H,2-3,6-7H2,1H3. The van der Waals surface area contributed by atoms with Crippen LogP contribution in [0.25, 0.3) is 0 Å². The lowest BCUT2D eigenvalue weighted by atomic mass is 10.3. The number of aryl methyl sites for hydroxylation is 1. The molecule has 1 saturated heterocycles. The van der Waals surface area contributed by atoms with E-state index in [1.54, 1.807) is 0 Å². The Morgan fingerprint density at radius 1 is 1.38 bits per heavy atom. The van der Waals surface area contributed by atoms with Crippen molar-refractivity contribution in [3.63, 3.8) is 0 Å². The van der Waals surface area contributed by atoms with E-state index in [1.807, 2.05) is 13.1 Å². The van der Waals surface area contributed by atoms with Crippen LogP contribution in [0.3, 0.4) is 0 Å². The average molecular weight is 241 g/mol. The van der Waals surface area contributed by atoms with Crippen molar-refractivity contribution < 1.29 is 0 Å². The third kappa shape index (κ3) is 1.70. The zero-order valence-corrected chi connectivity index (χ0v) is 9.34. The summed E-state index contributed by atoms with van der Waals surface area (Å²) in [7, 11) is 0. The first-order valence-corrected chi connectivity index (χ1v) is 5.44. The predicted molar refractivity (Wildman–Crippen MR) is 58.1 cm³/mol. The summed E-state index contributed by atoms with van der Waals surface area (Å²) in [5.74, 6) is 0. The molecule has 1 aliphatic heterocycles. The first-order valence-electron chi connectivity index (χ1n) is 4.65. The van der Waals surface area contributed by atoms with Gasteiger partial charge in [-0.3, -0.25) is 4.98 Å². The minimum atomic E-state index is 1.07. The highest BCUT2D eigenvalue weighted by Gasteiger charge is 2.15. The van der Waals surface area contributed by atoms with Gasteiger partial charge in [-0.25, -0.2) is 0 Å². The third-order valence-corrected chi connectivity index (χ3v) is 3.47. The van der Waals surface area contributed by atoms with Gasteiger partial charge in [-0.15, -0.1) is 0 Å². The monoisotopic (exact) mass is 240 g/mol. The highest BCUT2D eigenvalue weighted by atomic mass is 79.9. The van der Waals surface area contributed by atoms with Crippen molar-refractivity contribution in [2.75, 3.05) is 18.0 Å². The second kappa shape index (κ2) is 3.66. The number of rotatable bonds is 1. The van der Waals surface area contributed by atoms with Crippen LogP contribution in [-0.4, -0.2) is 18.1 Å². The van der Waals surface area contributed by atoms with Gasteiger partial charge in [0.05, 0.1) is 15.9 Å². The summed E-state index contributed by atoms with van der Waals surface area (Å²) in [6, 6.07) is 2.09. The molecule has 0 bridgehead atoms.